The van der Waals surface area contributed by atoms with Crippen molar-refractivity contribution in [3.05, 3.63) is 51.5 Å². The molecule has 1 aromatic heterocycles. The van der Waals surface area contributed by atoms with Crippen molar-refractivity contribution in [3.63, 3.8) is 0 Å². The number of aromatic nitrogens is 1. The summed E-state index contributed by atoms with van der Waals surface area (Å²) in [5.41, 5.74) is 1.18. The van der Waals surface area contributed by atoms with Crippen molar-refractivity contribution in [3.8, 4) is 5.75 Å². The number of thiazole rings is 1. The summed E-state index contributed by atoms with van der Waals surface area (Å²) in [6.07, 6.45) is 1.91. The Morgan fingerprint density at radius 2 is 2.29 bits per heavy atom. The third-order valence-electron chi connectivity index (χ3n) is 4.64. The molecule has 1 aliphatic heterocycles. The van der Waals surface area contributed by atoms with Gasteiger partial charge < -0.3 is 9.47 Å². The van der Waals surface area contributed by atoms with Gasteiger partial charge in [0.05, 0.1) is 35.0 Å². The van der Waals surface area contributed by atoms with Crippen molar-refractivity contribution < 1.29 is 14.3 Å². The number of benzene rings is 2. The minimum absolute atomic E-state index is 0.0104. The van der Waals surface area contributed by atoms with Crippen molar-refractivity contribution in [1.29, 1.82) is 0 Å². The van der Waals surface area contributed by atoms with Gasteiger partial charge in [-0.3, -0.25) is 9.69 Å². The number of nitrogens with zero attached hydrogens (tertiary/aromatic N) is 2. The molecule has 1 amide bonds. The summed E-state index contributed by atoms with van der Waals surface area (Å²) in [6, 6.07) is 11.0. The standard InChI is InChI=1S/C20H18BrClN2O3S/c1-26-16-5-2-6-17-18(16)23-20(28-17)24(11-13-4-3-9-27-13)19(25)14-10-12(21)7-8-15(14)22/h2,5-8,10,13H,3-4,9,11H2,1H3. The minimum Gasteiger partial charge on any atom is -0.494 e. The zero-order valence-corrected chi connectivity index (χ0v) is 18.3. The molecule has 0 N–H and O–H groups in total. The Labute approximate surface area is 180 Å². The molecule has 2 heterocycles. The van der Waals surface area contributed by atoms with E-state index in [9.17, 15) is 4.79 Å². The predicted molar refractivity (Wildman–Crippen MR) is 116 cm³/mol. The number of rotatable bonds is 5. The summed E-state index contributed by atoms with van der Waals surface area (Å²) in [5.74, 6) is 0.491. The molecule has 4 rings (SSSR count). The van der Waals surface area contributed by atoms with Crippen LogP contribution in [0.15, 0.2) is 40.9 Å². The predicted octanol–water partition coefficient (Wildman–Crippen LogP) is 5.55. The number of hydrogen-bond donors (Lipinski definition) is 0. The van der Waals surface area contributed by atoms with E-state index < -0.39 is 0 Å². The first-order valence-corrected chi connectivity index (χ1v) is 10.9. The topological polar surface area (TPSA) is 51.7 Å². The maximum Gasteiger partial charge on any atom is 0.261 e. The molecule has 28 heavy (non-hydrogen) atoms. The van der Waals surface area contributed by atoms with E-state index in [1.165, 1.54) is 11.3 Å². The molecule has 8 heteroatoms. The van der Waals surface area contributed by atoms with Crippen LogP contribution in [0.3, 0.4) is 0 Å². The van der Waals surface area contributed by atoms with E-state index in [0.29, 0.717) is 28.0 Å². The highest BCUT2D eigenvalue weighted by molar-refractivity contribution is 9.10. The molecule has 5 nitrogen and oxygen atoms in total. The number of para-hydroxylation sites is 1. The van der Waals surface area contributed by atoms with E-state index >= 15 is 0 Å². The van der Waals surface area contributed by atoms with E-state index in [2.05, 4.69) is 15.9 Å². The maximum absolute atomic E-state index is 13.4. The number of halogens is 2. The molecule has 0 spiro atoms. The van der Waals surface area contributed by atoms with Crippen LogP contribution in [-0.4, -0.2) is 37.3 Å². The zero-order chi connectivity index (χ0) is 19.7. The van der Waals surface area contributed by atoms with Gasteiger partial charge in [-0.25, -0.2) is 4.98 Å². The molecule has 1 unspecified atom stereocenters. The van der Waals surface area contributed by atoms with Crippen molar-refractivity contribution in [1.82, 2.24) is 4.98 Å². The van der Waals surface area contributed by atoms with Gasteiger partial charge in [0.25, 0.3) is 5.91 Å². The normalized spacial score (nSPS) is 16.5. The van der Waals surface area contributed by atoms with Crippen molar-refractivity contribution in [2.45, 2.75) is 18.9 Å². The summed E-state index contributed by atoms with van der Waals surface area (Å²) < 4.78 is 13.0. The fourth-order valence-electron chi connectivity index (χ4n) is 3.24. The number of carbonyl (C=O) groups excluding carboxylic acids is 1. The second-order valence-corrected chi connectivity index (χ2v) is 8.81. The van der Waals surface area contributed by atoms with E-state index in [0.717, 1.165) is 34.1 Å². The highest BCUT2D eigenvalue weighted by Gasteiger charge is 2.28. The fourth-order valence-corrected chi connectivity index (χ4v) is 4.79. The van der Waals surface area contributed by atoms with Gasteiger partial charge in [-0.2, -0.15) is 0 Å². The number of anilines is 1. The molecule has 146 valence electrons. The molecule has 1 aliphatic rings. The van der Waals surface area contributed by atoms with E-state index in [1.54, 1.807) is 24.1 Å². The smallest absolute Gasteiger partial charge is 0.261 e. The van der Waals surface area contributed by atoms with Crippen LogP contribution in [0.2, 0.25) is 5.02 Å². The molecular formula is C20H18BrClN2O3S. The van der Waals surface area contributed by atoms with Crippen LogP contribution in [-0.2, 0) is 4.74 Å². The largest absolute Gasteiger partial charge is 0.494 e. The first-order valence-electron chi connectivity index (χ1n) is 8.89. The van der Waals surface area contributed by atoms with Crippen LogP contribution in [0.1, 0.15) is 23.2 Å². The van der Waals surface area contributed by atoms with Gasteiger partial charge in [0, 0.05) is 11.1 Å². The van der Waals surface area contributed by atoms with E-state index in [4.69, 9.17) is 26.1 Å². The Morgan fingerprint density at radius 3 is 3.04 bits per heavy atom. The number of ether oxygens (including phenoxy) is 2. The highest BCUT2D eigenvalue weighted by atomic mass is 79.9. The van der Waals surface area contributed by atoms with Crippen LogP contribution in [0.25, 0.3) is 10.2 Å². The third kappa shape index (κ3) is 3.89. The molecule has 0 radical (unpaired) electrons. The van der Waals surface area contributed by atoms with E-state index in [-0.39, 0.29) is 12.0 Å². The average molecular weight is 482 g/mol. The molecule has 3 aromatic rings. The first-order chi connectivity index (χ1) is 13.6. The molecule has 1 fully saturated rings. The summed E-state index contributed by atoms with van der Waals surface area (Å²) in [4.78, 5) is 19.8. The first kappa shape index (κ1) is 19.6. The van der Waals surface area contributed by atoms with E-state index in [1.807, 2.05) is 24.3 Å². The lowest BCUT2D eigenvalue weighted by Crippen LogP contribution is -2.37. The lowest BCUT2D eigenvalue weighted by atomic mass is 10.1. The van der Waals surface area contributed by atoms with Gasteiger partial charge >= 0.3 is 0 Å². The zero-order valence-electron chi connectivity index (χ0n) is 15.2. The average Bonchev–Trinajstić information content (AvgIpc) is 3.36. The molecule has 2 aromatic carbocycles. The number of amides is 1. The van der Waals surface area contributed by atoms with Crippen molar-refractivity contribution in [2.75, 3.05) is 25.2 Å². The molecule has 0 bridgehead atoms. The number of fused-ring (bicyclic) bond motifs is 1. The van der Waals surface area contributed by atoms with Gasteiger partial charge in [0.15, 0.2) is 5.13 Å². The molecule has 0 saturated carbocycles. The van der Waals surface area contributed by atoms with Crippen molar-refractivity contribution in [2.24, 2.45) is 0 Å². The van der Waals surface area contributed by atoms with Crippen LogP contribution in [0.5, 0.6) is 5.75 Å². The summed E-state index contributed by atoms with van der Waals surface area (Å²) in [7, 11) is 1.62. The number of carbonyl (C=O) groups is 1. The third-order valence-corrected chi connectivity index (χ3v) is 6.50. The van der Waals surface area contributed by atoms with Crippen LogP contribution in [0, 0.1) is 0 Å². The Bertz CT molecular complexity index is 1020. The second kappa shape index (κ2) is 8.37. The molecule has 1 saturated heterocycles. The lowest BCUT2D eigenvalue weighted by Gasteiger charge is -2.23. The van der Waals surface area contributed by atoms with Crippen LogP contribution < -0.4 is 9.64 Å². The van der Waals surface area contributed by atoms with Gasteiger partial charge in [0.2, 0.25) is 0 Å². The fraction of sp³-hybridized carbons (Fsp3) is 0.300. The molecule has 0 aliphatic carbocycles. The van der Waals surface area contributed by atoms with Crippen LogP contribution >= 0.6 is 38.9 Å². The summed E-state index contributed by atoms with van der Waals surface area (Å²) >= 11 is 11.2. The summed E-state index contributed by atoms with van der Waals surface area (Å²) in [5, 5.41) is 1.01. The highest BCUT2D eigenvalue weighted by Crippen LogP contribution is 2.36. The minimum atomic E-state index is -0.195. The Kier molecular flexibility index (Phi) is 5.87. The molecular weight excluding hydrogens is 464 g/mol. The number of methoxy groups -OCH3 is 1. The number of hydrogen-bond acceptors (Lipinski definition) is 5. The van der Waals surface area contributed by atoms with Gasteiger partial charge in [-0.1, -0.05) is 44.9 Å². The second-order valence-electron chi connectivity index (χ2n) is 6.48. The Hall–Kier alpha value is -1.67. The van der Waals surface area contributed by atoms with Gasteiger partial charge in [-0.15, -0.1) is 0 Å². The summed E-state index contributed by atoms with van der Waals surface area (Å²) in [6.45, 7) is 1.15. The monoisotopic (exact) mass is 480 g/mol. The van der Waals surface area contributed by atoms with Gasteiger partial charge in [-0.05, 0) is 43.2 Å². The lowest BCUT2D eigenvalue weighted by molar-refractivity contribution is 0.0917. The Balaban J connectivity index is 1.77. The van der Waals surface area contributed by atoms with Crippen molar-refractivity contribution >= 4 is 60.1 Å². The SMILES string of the molecule is COc1cccc2sc(N(CC3CCCO3)C(=O)c3cc(Br)ccc3Cl)nc12. The molecule has 1 atom stereocenters. The van der Waals surface area contributed by atoms with Gasteiger partial charge in [0.1, 0.15) is 11.3 Å². The quantitative estimate of drug-likeness (QED) is 0.480. The van der Waals surface area contributed by atoms with Crippen LogP contribution in [0.4, 0.5) is 5.13 Å². The maximum atomic E-state index is 13.4. The Morgan fingerprint density at radius 1 is 1.43 bits per heavy atom.